The molecule has 1 aliphatic heterocycles. The van der Waals surface area contributed by atoms with Crippen molar-refractivity contribution in [2.75, 3.05) is 32.1 Å². The zero-order valence-corrected chi connectivity index (χ0v) is 16.4. The average molecular weight is 374 g/mol. The first kappa shape index (κ1) is 20.2. The molecule has 0 aliphatic carbocycles. The highest BCUT2D eigenvalue weighted by molar-refractivity contribution is 5.74. The zero-order valence-electron chi connectivity index (χ0n) is 15.6. The smallest absolute Gasteiger partial charge is 0.288 e. The lowest BCUT2D eigenvalue weighted by atomic mass is 9.90. The number of hydrogen-bond acceptors (Lipinski definition) is 2. The minimum atomic E-state index is 0. The first-order chi connectivity index (χ1) is 12.1. The Morgan fingerprint density at radius 3 is 2.27 bits per heavy atom. The van der Waals surface area contributed by atoms with Crippen LogP contribution in [0.1, 0.15) is 18.4 Å². The summed E-state index contributed by atoms with van der Waals surface area (Å²) in [6.07, 6.45) is 7.30. The minimum absolute atomic E-state index is 0. The van der Waals surface area contributed by atoms with Crippen molar-refractivity contribution in [1.82, 2.24) is 4.90 Å². The number of pyridine rings is 1. The van der Waals surface area contributed by atoms with E-state index in [9.17, 15) is 4.79 Å². The van der Waals surface area contributed by atoms with Crippen LogP contribution in [-0.2, 0) is 17.8 Å². The molecule has 1 saturated heterocycles. The Morgan fingerprint density at radius 1 is 1.08 bits per heavy atom. The van der Waals surface area contributed by atoms with Crippen molar-refractivity contribution in [2.24, 2.45) is 5.92 Å². The number of carbonyl (C=O) groups is 1. The molecular weight excluding hydrogens is 346 g/mol. The molecule has 0 atom stereocenters. The number of carbonyl (C=O) groups excluding carboxylic acids is 1. The molecule has 1 amide bonds. The molecule has 0 unspecified atom stereocenters. The summed E-state index contributed by atoms with van der Waals surface area (Å²) in [6.45, 7) is 2.19. The van der Waals surface area contributed by atoms with E-state index in [4.69, 9.17) is 0 Å². The molecular formula is C21H28ClN3O. The Labute approximate surface area is 162 Å². The quantitative estimate of drug-likeness (QED) is 0.662. The van der Waals surface area contributed by atoms with Gasteiger partial charge in [0, 0.05) is 45.0 Å². The van der Waals surface area contributed by atoms with Crippen LogP contribution in [0.25, 0.3) is 0 Å². The van der Waals surface area contributed by atoms with Crippen molar-refractivity contribution in [1.29, 1.82) is 0 Å². The summed E-state index contributed by atoms with van der Waals surface area (Å²) in [7, 11) is 4.04. The number of nitrogens with zero attached hydrogens (tertiary/aromatic N) is 3. The van der Waals surface area contributed by atoms with Gasteiger partial charge in [0.2, 0.25) is 6.54 Å². The summed E-state index contributed by atoms with van der Waals surface area (Å²) in [4.78, 5) is 16.6. The predicted molar refractivity (Wildman–Crippen MR) is 100 cm³/mol. The van der Waals surface area contributed by atoms with Gasteiger partial charge in [-0.15, -0.1) is 0 Å². The Hall–Kier alpha value is -2.07. The van der Waals surface area contributed by atoms with Crippen molar-refractivity contribution in [3.05, 3.63) is 60.4 Å². The summed E-state index contributed by atoms with van der Waals surface area (Å²) in [5.74, 6) is 0.916. The Bertz CT molecular complexity index is 680. The van der Waals surface area contributed by atoms with Crippen LogP contribution in [0.5, 0.6) is 0 Å². The van der Waals surface area contributed by atoms with Gasteiger partial charge in [0.1, 0.15) is 0 Å². The molecule has 2 heterocycles. The molecule has 140 valence electrons. The van der Waals surface area contributed by atoms with Crippen molar-refractivity contribution < 1.29 is 21.8 Å². The molecule has 5 heteroatoms. The van der Waals surface area contributed by atoms with Crippen LogP contribution >= 0.6 is 0 Å². The van der Waals surface area contributed by atoms with Gasteiger partial charge in [0.05, 0.1) is 0 Å². The lowest BCUT2D eigenvalue weighted by Crippen LogP contribution is -3.00. The SMILES string of the molecule is CN(C)c1cc[n+](CC(=O)N2CCC(Cc3ccccc3)CC2)cc1.[Cl-]. The maximum atomic E-state index is 12.5. The molecule has 1 aromatic heterocycles. The van der Waals surface area contributed by atoms with Crippen LogP contribution in [-0.4, -0.2) is 38.0 Å². The summed E-state index contributed by atoms with van der Waals surface area (Å²) in [6, 6.07) is 14.8. The van der Waals surface area contributed by atoms with Crippen molar-refractivity contribution >= 4 is 11.6 Å². The second-order valence-corrected chi connectivity index (χ2v) is 7.14. The molecule has 0 bridgehead atoms. The van der Waals surface area contributed by atoms with Gasteiger partial charge >= 0.3 is 0 Å². The van der Waals surface area contributed by atoms with Gasteiger partial charge in [0.15, 0.2) is 12.4 Å². The number of hydrogen-bond donors (Lipinski definition) is 0. The van der Waals surface area contributed by atoms with Gasteiger partial charge in [-0.3, -0.25) is 4.79 Å². The van der Waals surface area contributed by atoms with Crippen molar-refractivity contribution in [3.63, 3.8) is 0 Å². The van der Waals surface area contributed by atoms with E-state index in [1.165, 1.54) is 5.56 Å². The van der Waals surface area contributed by atoms with Gasteiger partial charge in [-0.05, 0) is 30.7 Å². The highest BCUT2D eigenvalue weighted by Gasteiger charge is 2.24. The minimum Gasteiger partial charge on any atom is -1.00 e. The highest BCUT2D eigenvalue weighted by Crippen LogP contribution is 2.21. The van der Waals surface area contributed by atoms with Crippen LogP contribution in [0.4, 0.5) is 5.69 Å². The van der Waals surface area contributed by atoms with Crippen molar-refractivity contribution in [2.45, 2.75) is 25.8 Å². The van der Waals surface area contributed by atoms with E-state index in [1.54, 1.807) is 0 Å². The van der Waals surface area contributed by atoms with Crippen LogP contribution in [0.2, 0.25) is 0 Å². The fourth-order valence-electron chi connectivity index (χ4n) is 3.44. The van der Waals surface area contributed by atoms with Crippen LogP contribution < -0.4 is 21.9 Å². The zero-order chi connectivity index (χ0) is 17.6. The third-order valence-electron chi connectivity index (χ3n) is 5.04. The van der Waals surface area contributed by atoms with Gasteiger partial charge in [-0.1, -0.05) is 30.3 Å². The number of anilines is 1. The third kappa shape index (κ3) is 5.46. The number of rotatable bonds is 5. The van der Waals surface area contributed by atoms with Crippen molar-refractivity contribution in [3.8, 4) is 0 Å². The molecule has 0 radical (unpaired) electrons. The topological polar surface area (TPSA) is 27.4 Å². The number of likely N-dealkylation sites (tertiary alicyclic amines) is 1. The molecule has 0 N–H and O–H groups in total. The van der Waals surface area contributed by atoms with Crippen LogP contribution in [0, 0.1) is 5.92 Å². The lowest BCUT2D eigenvalue weighted by Gasteiger charge is -2.31. The maximum Gasteiger partial charge on any atom is 0.288 e. The predicted octanol–water partition coefficient (Wildman–Crippen LogP) is -0.475. The first-order valence-electron chi connectivity index (χ1n) is 9.10. The van der Waals surface area contributed by atoms with E-state index in [2.05, 4.69) is 35.2 Å². The Morgan fingerprint density at radius 2 is 1.69 bits per heavy atom. The second kappa shape index (κ2) is 9.58. The van der Waals surface area contributed by atoms with E-state index in [1.807, 2.05) is 48.1 Å². The van der Waals surface area contributed by atoms with E-state index in [0.717, 1.165) is 38.0 Å². The third-order valence-corrected chi connectivity index (χ3v) is 5.04. The molecule has 2 aromatic rings. The van der Waals surface area contributed by atoms with E-state index in [0.29, 0.717) is 12.5 Å². The van der Waals surface area contributed by atoms with Gasteiger partial charge in [-0.2, -0.15) is 4.57 Å². The lowest BCUT2D eigenvalue weighted by molar-refractivity contribution is -0.685. The van der Waals surface area contributed by atoms with E-state index in [-0.39, 0.29) is 18.3 Å². The monoisotopic (exact) mass is 373 g/mol. The summed E-state index contributed by atoms with van der Waals surface area (Å²) in [5.41, 5.74) is 2.55. The highest BCUT2D eigenvalue weighted by atomic mass is 35.5. The first-order valence-corrected chi connectivity index (χ1v) is 9.10. The molecule has 0 spiro atoms. The Kier molecular flexibility index (Phi) is 7.46. The largest absolute Gasteiger partial charge is 1.00 e. The summed E-state index contributed by atoms with van der Waals surface area (Å²) in [5, 5.41) is 0. The average Bonchev–Trinajstić information content (AvgIpc) is 2.63. The second-order valence-electron chi connectivity index (χ2n) is 7.14. The fraction of sp³-hybridized carbons (Fsp3) is 0.429. The molecule has 1 aliphatic rings. The molecule has 0 saturated carbocycles. The van der Waals surface area contributed by atoms with E-state index < -0.39 is 0 Å². The summed E-state index contributed by atoms with van der Waals surface area (Å²) < 4.78 is 1.96. The van der Waals surface area contributed by atoms with Crippen LogP contribution in [0.15, 0.2) is 54.9 Å². The fourth-order valence-corrected chi connectivity index (χ4v) is 3.44. The van der Waals surface area contributed by atoms with Gasteiger partial charge in [-0.25, -0.2) is 0 Å². The molecule has 4 nitrogen and oxygen atoms in total. The summed E-state index contributed by atoms with van der Waals surface area (Å²) >= 11 is 0. The Balaban J connectivity index is 0.00000243. The molecule has 26 heavy (non-hydrogen) atoms. The van der Waals surface area contributed by atoms with E-state index >= 15 is 0 Å². The molecule has 1 fully saturated rings. The number of benzene rings is 1. The van der Waals surface area contributed by atoms with Gasteiger partial charge in [0.25, 0.3) is 5.91 Å². The number of amides is 1. The molecule has 3 rings (SSSR count). The number of aromatic nitrogens is 1. The van der Waals surface area contributed by atoms with Gasteiger partial charge < -0.3 is 22.2 Å². The maximum absolute atomic E-state index is 12.5. The molecule has 1 aromatic carbocycles. The number of halogens is 1. The number of piperidine rings is 1. The van der Waals surface area contributed by atoms with Crippen LogP contribution in [0.3, 0.4) is 0 Å². The normalized spacial score (nSPS) is 14.6. The standard InChI is InChI=1S/C21H28N3O.ClH/c1-22(2)20-10-12-23(13-11-20)17-21(25)24-14-8-19(9-15-24)16-18-6-4-3-5-7-18;/h3-7,10-13,19H,8-9,14-17H2,1-2H3;1H/q+1;/p-1.